The summed E-state index contributed by atoms with van der Waals surface area (Å²) in [6, 6.07) is 0. The van der Waals surface area contributed by atoms with E-state index in [1.54, 1.807) is 0 Å². The molecule has 1 saturated carbocycles. The first-order valence-electron chi connectivity index (χ1n) is 6.65. The number of hydrogen-bond donors (Lipinski definition) is 0. The molecule has 0 nitrogen and oxygen atoms in total. The summed E-state index contributed by atoms with van der Waals surface area (Å²) in [5.74, 6) is 3.92. The predicted molar refractivity (Wildman–Crippen MR) is 64.4 cm³/mol. The summed E-state index contributed by atoms with van der Waals surface area (Å²) < 4.78 is 0. The van der Waals surface area contributed by atoms with E-state index in [1.807, 2.05) is 0 Å². The Kier molecular flexibility index (Phi) is 4.98. The van der Waals surface area contributed by atoms with Gasteiger partial charge in [-0.3, -0.25) is 0 Å². The molecule has 0 aromatic carbocycles. The van der Waals surface area contributed by atoms with Crippen LogP contribution in [-0.2, 0) is 0 Å². The van der Waals surface area contributed by atoms with Crippen molar-refractivity contribution in [3.05, 3.63) is 0 Å². The van der Waals surface area contributed by atoms with Crippen LogP contribution in [0, 0.1) is 23.7 Å². The predicted octanol–water partition coefficient (Wildman–Crippen LogP) is 4.89. The maximum Gasteiger partial charge on any atom is -0.0360 e. The lowest BCUT2D eigenvalue weighted by Gasteiger charge is -2.36. The van der Waals surface area contributed by atoms with Gasteiger partial charge in [-0.1, -0.05) is 53.4 Å². The molecule has 84 valence electrons. The molecule has 0 spiro atoms. The Hall–Kier alpha value is 0. The summed E-state index contributed by atoms with van der Waals surface area (Å²) in [5.41, 5.74) is 0. The van der Waals surface area contributed by atoms with Gasteiger partial charge in [-0.25, -0.2) is 0 Å². The standard InChI is InChI=1S/C14H28/c1-5-13(10-11(2)3)14-9-7-6-8-12(14)4/h11-14H,5-10H2,1-4H3. The lowest BCUT2D eigenvalue weighted by molar-refractivity contribution is 0.150. The minimum absolute atomic E-state index is 0.883. The van der Waals surface area contributed by atoms with Crippen LogP contribution in [-0.4, -0.2) is 0 Å². The van der Waals surface area contributed by atoms with Crippen LogP contribution in [0.15, 0.2) is 0 Å². The smallest absolute Gasteiger partial charge is 0.0360 e. The third kappa shape index (κ3) is 3.29. The van der Waals surface area contributed by atoms with E-state index >= 15 is 0 Å². The van der Waals surface area contributed by atoms with Crippen molar-refractivity contribution >= 4 is 0 Å². The molecule has 3 atom stereocenters. The van der Waals surface area contributed by atoms with Crippen molar-refractivity contribution in [3.8, 4) is 0 Å². The molecule has 0 heteroatoms. The van der Waals surface area contributed by atoms with Gasteiger partial charge in [0.1, 0.15) is 0 Å². The first-order valence-corrected chi connectivity index (χ1v) is 6.65. The van der Waals surface area contributed by atoms with Crippen LogP contribution in [0.3, 0.4) is 0 Å². The van der Waals surface area contributed by atoms with Crippen LogP contribution >= 0.6 is 0 Å². The van der Waals surface area contributed by atoms with Crippen LogP contribution in [0.2, 0.25) is 0 Å². The Morgan fingerprint density at radius 3 is 2.29 bits per heavy atom. The molecule has 1 aliphatic rings. The minimum Gasteiger partial charge on any atom is -0.0651 e. The highest BCUT2D eigenvalue weighted by Crippen LogP contribution is 2.38. The molecule has 3 unspecified atom stereocenters. The highest BCUT2D eigenvalue weighted by Gasteiger charge is 2.28. The Balaban J connectivity index is 2.48. The fourth-order valence-corrected chi connectivity index (χ4v) is 3.29. The van der Waals surface area contributed by atoms with Crippen molar-refractivity contribution < 1.29 is 0 Å². The van der Waals surface area contributed by atoms with Gasteiger partial charge >= 0.3 is 0 Å². The summed E-state index contributed by atoms with van der Waals surface area (Å²) in [5, 5.41) is 0. The minimum atomic E-state index is 0.883. The average Bonchev–Trinajstić information content (AvgIpc) is 2.15. The maximum atomic E-state index is 2.48. The van der Waals surface area contributed by atoms with Crippen LogP contribution in [0.4, 0.5) is 0 Å². The number of rotatable bonds is 4. The van der Waals surface area contributed by atoms with Gasteiger partial charge in [0, 0.05) is 0 Å². The molecule has 0 saturated heterocycles. The summed E-state index contributed by atoms with van der Waals surface area (Å²) in [7, 11) is 0. The zero-order valence-electron chi connectivity index (χ0n) is 10.6. The molecule has 1 fully saturated rings. The van der Waals surface area contributed by atoms with Crippen molar-refractivity contribution in [1.82, 2.24) is 0 Å². The largest absolute Gasteiger partial charge is 0.0651 e. The first kappa shape index (κ1) is 12.1. The summed E-state index contributed by atoms with van der Waals surface area (Å²) in [4.78, 5) is 0. The van der Waals surface area contributed by atoms with Gasteiger partial charge in [0.15, 0.2) is 0 Å². The molecular weight excluding hydrogens is 168 g/mol. The number of hydrogen-bond acceptors (Lipinski definition) is 0. The SMILES string of the molecule is CCC(CC(C)C)C1CCCCC1C. The second kappa shape index (κ2) is 5.78. The van der Waals surface area contributed by atoms with Gasteiger partial charge in [0.2, 0.25) is 0 Å². The van der Waals surface area contributed by atoms with E-state index in [-0.39, 0.29) is 0 Å². The van der Waals surface area contributed by atoms with Crippen LogP contribution in [0.25, 0.3) is 0 Å². The van der Waals surface area contributed by atoms with Gasteiger partial charge in [-0.15, -0.1) is 0 Å². The van der Waals surface area contributed by atoms with Crippen molar-refractivity contribution in [3.63, 3.8) is 0 Å². The second-order valence-electron chi connectivity index (χ2n) is 5.72. The van der Waals surface area contributed by atoms with Gasteiger partial charge in [-0.05, 0) is 36.5 Å². The van der Waals surface area contributed by atoms with Crippen LogP contribution < -0.4 is 0 Å². The van der Waals surface area contributed by atoms with E-state index in [9.17, 15) is 0 Å². The molecule has 0 aromatic heterocycles. The summed E-state index contributed by atoms with van der Waals surface area (Å²) in [6.07, 6.45) is 8.81. The van der Waals surface area contributed by atoms with Crippen molar-refractivity contribution in [1.29, 1.82) is 0 Å². The first-order chi connectivity index (χ1) is 6.65. The second-order valence-corrected chi connectivity index (χ2v) is 5.72. The third-order valence-corrected chi connectivity index (χ3v) is 4.08. The van der Waals surface area contributed by atoms with E-state index in [0.29, 0.717) is 0 Å². The van der Waals surface area contributed by atoms with Crippen LogP contribution in [0.1, 0.15) is 66.2 Å². The van der Waals surface area contributed by atoms with Gasteiger partial charge in [0.05, 0.1) is 0 Å². The zero-order chi connectivity index (χ0) is 10.6. The molecule has 0 heterocycles. The van der Waals surface area contributed by atoms with E-state index in [4.69, 9.17) is 0 Å². The molecule has 0 N–H and O–H groups in total. The highest BCUT2D eigenvalue weighted by molar-refractivity contribution is 4.78. The fourth-order valence-electron chi connectivity index (χ4n) is 3.29. The van der Waals surface area contributed by atoms with Gasteiger partial charge in [0.25, 0.3) is 0 Å². The molecule has 0 amide bonds. The average molecular weight is 196 g/mol. The highest BCUT2D eigenvalue weighted by atomic mass is 14.3. The molecule has 0 bridgehead atoms. The van der Waals surface area contributed by atoms with Crippen LogP contribution in [0.5, 0.6) is 0 Å². The quantitative estimate of drug-likeness (QED) is 0.601. The Morgan fingerprint density at radius 2 is 1.79 bits per heavy atom. The van der Waals surface area contributed by atoms with Crippen molar-refractivity contribution in [2.75, 3.05) is 0 Å². The monoisotopic (exact) mass is 196 g/mol. The Bertz CT molecular complexity index is 148. The lowest BCUT2D eigenvalue weighted by Crippen LogP contribution is -2.25. The van der Waals surface area contributed by atoms with E-state index in [1.165, 1.54) is 38.5 Å². The van der Waals surface area contributed by atoms with Crippen molar-refractivity contribution in [2.24, 2.45) is 23.7 Å². The zero-order valence-corrected chi connectivity index (χ0v) is 10.6. The molecular formula is C14H28. The summed E-state index contributed by atoms with van der Waals surface area (Å²) in [6.45, 7) is 9.60. The lowest BCUT2D eigenvalue weighted by atomic mass is 9.70. The molecule has 1 aliphatic carbocycles. The molecule has 0 aromatic rings. The summed E-state index contributed by atoms with van der Waals surface area (Å²) >= 11 is 0. The van der Waals surface area contributed by atoms with Crippen molar-refractivity contribution in [2.45, 2.75) is 66.2 Å². The Morgan fingerprint density at radius 1 is 1.14 bits per heavy atom. The maximum absolute atomic E-state index is 2.48. The third-order valence-electron chi connectivity index (χ3n) is 4.08. The Labute approximate surface area is 90.5 Å². The van der Waals surface area contributed by atoms with Gasteiger partial charge in [-0.2, -0.15) is 0 Å². The van der Waals surface area contributed by atoms with E-state index in [0.717, 1.165) is 23.7 Å². The van der Waals surface area contributed by atoms with Gasteiger partial charge < -0.3 is 0 Å². The molecule has 14 heavy (non-hydrogen) atoms. The molecule has 0 radical (unpaired) electrons. The van der Waals surface area contributed by atoms with E-state index in [2.05, 4.69) is 27.7 Å². The topological polar surface area (TPSA) is 0 Å². The fraction of sp³-hybridized carbons (Fsp3) is 1.00. The van der Waals surface area contributed by atoms with E-state index < -0.39 is 0 Å². The molecule has 1 rings (SSSR count). The molecule has 0 aliphatic heterocycles. The normalized spacial score (nSPS) is 30.6.